The number of nitrogens with two attached hydrogens (primary N) is 1. The second kappa shape index (κ2) is 4.45. The molecule has 4 nitrogen and oxygen atoms in total. The largest absolute Gasteiger partial charge is 0.480 e. The van der Waals surface area contributed by atoms with Crippen molar-refractivity contribution in [1.29, 1.82) is 0 Å². The molecule has 2 aromatic rings. The zero-order valence-electron chi connectivity index (χ0n) is 9.61. The summed E-state index contributed by atoms with van der Waals surface area (Å²) >= 11 is 0. The molecule has 2 N–H and O–H groups in total. The van der Waals surface area contributed by atoms with Crippen LogP contribution >= 0.6 is 0 Å². The van der Waals surface area contributed by atoms with E-state index in [9.17, 15) is 4.39 Å². The first kappa shape index (κ1) is 11.4. The van der Waals surface area contributed by atoms with E-state index in [1.165, 1.54) is 18.2 Å². The van der Waals surface area contributed by atoms with E-state index in [0.717, 1.165) is 5.69 Å². The van der Waals surface area contributed by atoms with E-state index < -0.39 is 5.82 Å². The van der Waals surface area contributed by atoms with E-state index in [0.29, 0.717) is 17.2 Å². The molecule has 0 aliphatic rings. The van der Waals surface area contributed by atoms with Gasteiger partial charge in [-0.2, -0.15) is 0 Å². The minimum absolute atomic E-state index is 0.298. The predicted octanol–water partition coefficient (Wildman–Crippen LogP) is 2.84. The summed E-state index contributed by atoms with van der Waals surface area (Å²) in [4.78, 5) is 0. The second-order valence-electron chi connectivity index (χ2n) is 3.81. The molecule has 0 saturated carbocycles. The molecule has 0 aliphatic carbocycles. The van der Waals surface area contributed by atoms with Gasteiger partial charge in [-0.25, -0.2) is 4.39 Å². The highest BCUT2D eigenvalue weighted by Crippen LogP contribution is 2.27. The fraction of sp³-hybridized carbons (Fsp3) is 0.250. The molecule has 2 rings (SSSR count). The van der Waals surface area contributed by atoms with Crippen LogP contribution < -0.4 is 10.5 Å². The summed E-state index contributed by atoms with van der Waals surface area (Å²) in [6, 6.07) is 5.75. The third kappa shape index (κ3) is 2.55. The van der Waals surface area contributed by atoms with Gasteiger partial charge in [0.2, 0.25) is 0 Å². The van der Waals surface area contributed by atoms with E-state index in [1.807, 2.05) is 6.92 Å². The van der Waals surface area contributed by atoms with Gasteiger partial charge in [0.1, 0.15) is 11.6 Å². The maximum Gasteiger partial charge on any atom is 0.177 e. The monoisotopic (exact) mass is 236 g/mol. The van der Waals surface area contributed by atoms with Gasteiger partial charge < -0.3 is 15.0 Å². The van der Waals surface area contributed by atoms with Crippen LogP contribution in [0.25, 0.3) is 0 Å². The fourth-order valence-electron chi connectivity index (χ4n) is 1.43. The quantitative estimate of drug-likeness (QED) is 0.832. The number of aryl methyl sites for hydroxylation is 1. The zero-order chi connectivity index (χ0) is 12.4. The van der Waals surface area contributed by atoms with Gasteiger partial charge in [-0.1, -0.05) is 5.16 Å². The SMILES string of the molecule is Cc1cc(C(C)Oc2cc(F)ccc2N)on1. The number of hydrogen-bond acceptors (Lipinski definition) is 4. The van der Waals surface area contributed by atoms with Crippen molar-refractivity contribution in [2.24, 2.45) is 0 Å². The standard InChI is InChI=1S/C12H13FN2O2/c1-7-5-11(17-15-7)8(2)16-12-6-9(13)3-4-10(12)14/h3-6,8H,14H2,1-2H3. The third-order valence-corrected chi connectivity index (χ3v) is 2.33. The Morgan fingerprint density at radius 2 is 2.18 bits per heavy atom. The first-order valence-electron chi connectivity index (χ1n) is 5.21. The molecule has 1 aromatic heterocycles. The topological polar surface area (TPSA) is 61.3 Å². The number of anilines is 1. The predicted molar refractivity (Wildman–Crippen MR) is 61.1 cm³/mol. The Morgan fingerprint density at radius 3 is 2.82 bits per heavy atom. The molecule has 0 amide bonds. The van der Waals surface area contributed by atoms with Crippen molar-refractivity contribution in [2.45, 2.75) is 20.0 Å². The summed E-state index contributed by atoms with van der Waals surface area (Å²) in [6.45, 7) is 3.60. The normalized spacial score (nSPS) is 12.4. The van der Waals surface area contributed by atoms with Gasteiger partial charge in [0, 0.05) is 12.1 Å². The summed E-state index contributed by atoms with van der Waals surface area (Å²) in [5.74, 6) is 0.480. The summed E-state index contributed by atoms with van der Waals surface area (Å²) in [7, 11) is 0. The van der Waals surface area contributed by atoms with Crippen LogP contribution in [0.5, 0.6) is 5.75 Å². The molecule has 1 unspecified atom stereocenters. The third-order valence-electron chi connectivity index (χ3n) is 2.33. The average molecular weight is 236 g/mol. The van der Waals surface area contributed by atoms with Crippen molar-refractivity contribution in [3.8, 4) is 5.75 Å². The molecule has 1 atom stereocenters. The van der Waals surface area contributed by atoms with Crippen LogP contribution in [0.4, 0.5) is 10.1 Å². The Balaban J connectivity index is 2.18. The average Bonchev–Trinajstić information content (AvgIpc) is 2.70. The molecule has 1 heterocycles. The number of rotatable bonds is 3. The second-order valence-corrected chi connectivity index (χ2v) is 3.81. The van der Waals surface area contributed by atoms with Gasteiger partial charge in [-0.3, -0.25) is 0 Å². The lowest BCUT2D eigenvalue weighted by molar-refractivity contribution is 0.182. The summed E-state index contributed by atoms with van der Waals surface area (Å²) in [5, 5.41) is 3.76. The Bertz CT molecular complexity index is 525. The van der Waals surface area contributed by atoms with Crippen LogP contribution in [0, 0.1) is 12.7 Å². The molecule has 5 heteroatoms. The Kier molecular flexibility index (Phi) is 2.99. The lowest BCUT2D eigenvalue weighted by Gasteiger charge is -2.13. The van der Waals surface area contributed by atoms with Crippen LogP contribution in [0.2, 0.25) is 0 Å². The zero-order valence-corrected chi connectivity index (χ0v) is 9.61. The Hall–Kier alpha value is -2.04. The van der Waals surface area contributed by atoms with E-state index in [-0.39, 0.29) is 6.10 Å². The van der Waals surface area contributed by atoms with Gasteiger partial charge in [0.05, 0.1) is 11.4 Å². The molecule has 0 fully saturated rings. The molecule has 0 radical (unpaired) electrons. The van der Waals surface area contributed by atoms with E-state index in [2.05, 4.69) is 5.16 Å². The highest BCUT2D eigenvalue weighted by Gasteiger charge is 2.14. The van der Waals surface area contributed by atoms with Crippen molar-refractivity contribution in [2.75, 3.05) is 5.73 Å². The number of nitrogen functional groups attached to an aromatic ring is 1. The molecule has 0 aliphatic heterocycles. The lowest BCUT2D eigenvalue weighted by Crippen LogP contribution is -2.04. The van der Waals surface area contributed by atoms with Crippen LogP contribution in [0.1, 0.15) is 24.5 Å². The Morgan fingerprint density at radius 1 is 1.41 bits per heavy atom. The lowest BCUT2D eigenvalue weighted by atomic mass is 10.2. The van der Waals surface area contributed by atoms with Crippen molar-refractivity contribution in [3.05, 3.63) is 41.5 Å². The van der Waals surface area contributed by atoms with Crippen LogP contribution in [0.3, 0.4) is 0 Å². The minimum Gasteiger partial charge on any atom is -0.480 e. The van der Waals surface area contributed by atoms with Gasteiger partial charge in [-0.05, 0) is 26.0 Å². The van der Waals surface area contributed by atoms with E-state index in [1.54, 1.807) is 13.0 Å². The number of ether oxygens (including phenoxy) is 1. The molecular weight excluding hydrogens is 223 g/mol. The first-order chi connectivity index (χ1) is 8.06. The van der Waals surface area contributed by atoms with Crippen LogP contribution in [-0.2, 0) is 0 Å². The summed E-state index contributed by atoms with van der Waals surface area (Å²) < 4.78 is 23.6. The molecular formula is C12H13FN2O2. The van der Waals surface area contributed by atoms with Crippen molar-refractivity contribution in [3.63, 3.8) is 0 Å². The minimum atomic E-state index is -0.393. The van der Waals surface area contributed by atoms with Crippen molar-refractivity contribution < 1.29 is 13.7 Å². The first-order valence-corrected chi connectivity index (χ1v) is 5.21. The maximum atomic E-state index is 13.0. The van der Waals surface area contributed by atoms with E-state index >= 15 is 0 Å². The molecule has 1 aromatic carbocycles. The summed E-state index contributed by atoms with van der Waals surface area (Å²) in [6.07, 6.45) is -0.375. The van der Waals surface area contributed by atoms with Gasteiger partial charge in [-0.15, -0.1) is 0 Å². The maximum absolute atomic E-state index is 13.0. The van der Waals surface area contributed by atoms with Gasteiger partial charge >= 0.3 is 0 Å². The van der Waals surface area contributed by atoms with Crippen molar-refractivity contribution >= 4 is 5.69 Å². The number of benzene rings is 1. The smallest absolute Gasteiger partial charge is 0.177 e. The number of halogens is 1. The van der Waals surface area contributed by atoms with Crippen molar-refractivity contribution in [1.82, 2.24) is 5.16 Å². The van der Waals surface area contributed by atoms with Gasteiger partial charge in [0.25, 0.3) is 0 Å². The number of hydrogen-bond donors (Lipinski definition) is 1. The van der Waals surface area contributed by atoms with Crippen LogP contribution in [0.15, 0.2) is 28.8 Å². The summed E-state index contributed by atoms with van der Waals surface area (Å²) in [5.41, 5.74) is 6.83. The Labute approximate surface area is 98.2 Å². The molecule has 17 heavy (non-hydrogen) atoms. The number of nitrogens with zero attached hydrogens (tertiary/aromatic N) is 1. The fourth-order valence-corrected chi connectivity index (χ4v) is 1.43. The molecule has 0 bridgehead atoms. The van der Waals surface area contributed by atoms with Crippen LogP contribution in [-0.4, -0.2) is 5.16 Å². The molecule has 0 spiro atoms. The van der Waals surface area contributed by atoms with E-state index in [4.69, 9.17) is 15.0 Å². The highest BCUT2D eigenvalue weighted by molar-refractivity contribution is 5.52. The molecule has 90 valence electrons. The highest BCUT2D eigenvalue weighted by atomic mass is 19.1. The number of aromatic nitrogens is 1. The molecule has 0 saturated heterocycles. The van der Waals surface area contributed by atoms with Gasteiger partial charge in [0.15, 0.2) is 11.9 Å².